The van der Waals surface area contributed by atoms with E-state index in [4.69, 9.17) is 39.5 Å². The fraction of sp³-hybridized carbons (Fsp3) is 0.294. The second-order valence-corrected chi connectivity index (χ2v) is 6.33. The lowest BCUT2D eigenvalue weighted by Crippen LogP contribution is -2.40. The molecule has 0 aliphatic rings. The molecule has 2 aromatic rings. The lowest BCUT2D eigenvalue weighted by atomic mass is 10.2. The normalized spacial score (nSPS) is 10.8. The molecule has 0 spiro atoms. The number of aliphatic imine (C=N–C) groups is 1. The van der Waals surface area contributed by atoms with Gasteiger partial charge in [-0.05, 0) is 30.2 Å². The zero-order valence-corrected chi connectivity index (χ0v) is 18.7. The Hall–Kier alpha value is -0.960. The van der Waals surface area contributed by atoms with Crippen LogP contribution in [0.5, 0.6) is 5.75 Å². The van der Waals surface area contributed by atoms with Crippen LogP contribution in [0.15, 0.2) is 41.7 Å². The van der Waals surface area contributed by atoms with Gasteiger partial charge in [0.1, 0.15) is 6.61 Å². The number of ether oxygens (including phenoxy) is 1. The van der Waals surface area contributed by atoms with Crippen LogP contribution in [0.1, 0.15) is 5.56 Å². The van der Waals surface area contributed by atoms with Crippen LogP contribution in [0.25, 0.3) is 0 Å². The number of pyridine rings is 1. The Morgan fingerprint density at radius 3 is 2.46 bits per heavy atom. The first-order valence-corrected chi connectivity index (χ1v) is 8.84. The Balaban J connectivity index is 0.00000338. The molecule has 26 heavy (non-hydrogen) atoms. The second-order valence-electron chi connectivity index (χ2n) is 5.08. The highest BCUT2D eigenvalue weighted by atomic mass is 127. The molecule has 0 amide bonds. The molecular formula is C17H20Cl3IN4O. The summed E-state index contributed by atoms with van der Waals surface area (Å²) in [6.45, 7) is 1.67. The lowest BCUT2D eigenvalue weighted by molar-refractivity contribution is 0.322. The predicted octanol–water partition coefficient (Wildman–Crippen LogP) is 4.45. The molecule has 0 unspecified atom stereocenters. The minimum atomic E-state index is 0. The Morgan fingerprint density at radius 2 is 1.85 bits per heavy atom. The quantitative estimate of drug-likeness (QED) is 0.241. The fourth-order valence-electron chi connectivity index (χ4n) is 2.08. The zero-order chi connectivity index (χ0) is 18.1. The second kappa shape index (κ2) is 12.4. The van der Waals surface area contributed by atoms with E-state index in [1.807, 2.05) is 18.3 Å². The molecule has 0 saturated heterocycles. The summed E-state index contributed by atoms with van der Waals surface area (Å²) in [5.41, 5.74) is 1.17. The standard InChI is InChI=1S/C17H19Cl3N4O.HI/c1-21-17(23-6-4-12-3-2-5-22-11-12)24-7-8-25-16-14(19)9-13(18)10-15(16)20;/h2-3,5,9-11H,4,6-8H2,1H3,(H2,21,23,24);1H. The van der Waals surface area contributed by atoms with Gasteiger partial charge >= 0.3 is 0 Å². The van der Waals surface area contributed by atoms with Crippen LogP contribution in [0.2, 0.25) is 15.1 Å². The average Bonchev–Trinajstić information content (AvgIpc) is 2.59. The summed E-state index contributed by atoms with van der Waals surface area (Å²) in [4.78, 5) is 8.26. The van der Waals surface area contributed by atoms with E-state index < -0.39 is 0 Å². The Labute approximate surface area is 185 Å². The molecule has 2 N–H and O–H groups in total. The number of nitrogens with one attached hydrogen (secondary N) is 2. The van der Waals surface area contributed by atoms with Crippen LogP contribution in [0, 0.1) is 0 Å². The summed E-state index contributed by atoms with van der Waals surface area (Å²) >= 11 is 18.0. The average molecular weight is 530 g/mol. The first kappa shape index (κ1) is 23.1. The first-order valence-electron chi connectivity index (χ1n) is 7.71. The van der Waals surface area contributed by atoms with Gasteiger partial charge in [-0.15, -0.1) is 24.0 Å². The molecule has 0 aliphatic carbocycles. The predicted molar refractivity (Wildman–Crippen MR) is 120 cm³/mol. The van der Waals surface area contributed by atoms with Gasteiger partial charge in [-0.1, -0.05) is 40.9 Å². The van der Waals surface area contributed by atoms with Crippen molar-refractivity contribution < 1.29 is 4.74 Å². The topological polar surface area (TPSA) is 58.5 Å². The number of aromatic nitrogens is 1. The van der Waals surface area contributed by atoms with Crippen LogP contribution < -0.4 is 15.4 Å². The van der Waals surface area contributed by atoms with E-state index in [1.165, 1.54) is 5.56 Å². The molecule has 0 aliphatic heterocycles. The van der Waals surface area contributed by atoms with Gasteiger partial charge < -0.3 is 15.4 Å². The van der Waals surface area contributed by atoms with Crippen LogP contribution in [0.3, 0.4) is 0 Å². The number of nitrogens with zero attached hydrogens (tertiary/aromatic N) is 2. The van der Waals surface area contributed by atoms with Crippen molar-refractivity contribution in [3.8, 4) is 5.75 Å². The third-order valence-corrected chi connectivity index (χ3v) is 4.04. The third-order valence-electron chi connectivity index (χ3n) is 3.26. The van der Waals surface area contributed by atoms with E-state index in [2.05, 4.69) is 20.6 Å². The molecule has 0 saturated carbocycles. The summed E-state index contributed by atoms with van der Waals surface area (Å²) in [5.74, 6) is 1.12. The van der Waals surface area contributed by atoms with Crippen molar-refractivity contribution in [3.05, 3.63) is 57.3 Å². The van der Waals surface area contributed by atoms with Crippen LogP contribution >= 0.6 is 58.8 Å². The first-order chi connectivity index (χ1) is 12.1. The largest absolute Gasteiger partial charge is 0.489 e. The van der Waals surface area contributed by atoms with E-state index in [9.17, 15) is 0 Å². The molecule has 1 aromatic heterocycles. The van der Waals surface area contributed by atoms with Crippen LogP contribution in [-0.2, 0) is 6.42 Å². The molecule has 0 bridgehead atoms. The number of hydrogen-bond donors (Lipinski definition) is 2. The van der Waals surface area contributed by atoms with E-state index in [0.717, 1.165) is 13.0 Å². The van der Waals surface area contributed by atoms with Crippen molar-refractivity contribution in [3.63, 3.8) is 0 Å². The van der Waals surface area contributed by atoms with E-state index in [-0.39, 0.29) is 24.0 Å². The highest BCUT2D eigenvalue weighted by Gasteiger charge is 2.09. The molecule has 0 radical (unpaired) electrons. The van der Waals surface area contributed by atoms with Crippen molar-refractivity contribution in [1.82, 2.24) is 15.6 Å². The molecule has 5 nitrogen and oxygen atoms in total. The summed E-state index contributed by atoms with van der Waals surface area (Å²) in [6, 6.07) is 7.15. The van der Waals surface area contributed by atoms with Gasteiger partial charge in [0.2, 0.25) is 0 Å². The zero-order valence-electron chi connectivity index (χ0n) is 14.1. The highest BCUT2D eigenvalue weighted by Crippen LogP contribution is 2.35. The van der Waals surface area contributed by atoms with Crippen molar-refractivity contribution in [2.24, 2.45) is 4.99 Å². The molecular weight excluding hydrogens is 509 g/mol. The molecule has 0 atom stereocenters. The Morgan fingerprint density at radius 1 is 1.15 bits per heavy atom. The van der Waals surface area contributed by atoms with E-state index >= 15 is 0 Å². The molecule has 9 heteroatoms. The van der Waals surface area contributed by atoms with Crippen molar-refractivity contribution in [2.45, 2.75) is 6.42 Å². The summed E-state index contributed by atoms with van der Waals surface area (Å²) < 4.78 is 5.62. The van der Waals surface area contributed by atoms with Gasteiger partial charge in [-0.25, -0.2) is 0 Å². The number of hydrogen-bond acceptors (Lipinski definition) is 3. The van der Waals surface area contributed by atoms with Crippen molar-refractivity contribution >= 4 is 64.7 Å². The molecule has 142 valence electrons. The molecule has 0 fully saturated rings. The van der Waals surface area contributed by atoms with Gasteiger partial charge in [0.25, 0.3) is 0 Å². The maximum absolute atomic E-state index is 6.07. The molecule has 1 heterocycles. The van der Waals surface area contributed by atoms with Gasteiger partial charge in [0.05, 0.1) is 16.6 Å². The minimum Gasteiger partial charge on any atom is -0.489 e. The minimum absolute atomic E-state index is 0. The molecule has 1 aromatic carbocycles. The third kappa shape index (κ3) is 7.73. The van der Waals surface area contributed by atoms with Crippen LogP contribution in [0.4, 0.5) is 0 Å². The molecule has 2 rings (SSSR count). The van der Waals surface area contributed by atoms with Crippen LogP contribution in [-0.4, -0.2) is 37.7 Å². The van der Waals surface area contributed by atoms with Gasteiger partial charge in [0, 0.05) is 31.0 Å². The monoisotopic (exact) mass is 528 g/mol. The van der Waals surface area contributed by atoms with Crippen molar-refractivity contribution in [1.29, 1.82) is 0 Å². The van der Waals surface area contributed by atoms with E-state index in [0.29, 0.717) is 39.9 Å². The number of guanidine groups is 1. The smallest absolute Gasteiger partial charge is 0.191 e. The Kier molecular flexibility index (Phi) is 11.0. The maximum atomic E-state index is 6.07. The van der Waals surface area contributed by atoms with Gasteiger partial charge in [-0.2, -0.15) is 0 Å². The van der Waals surface area contributed by atoms with Gasteiger partial charge in [-0.3, -0.25) is 9.98 Å². The van der Waals surface area contributed by atoms with Crippen molar-refractivity contribution in [2.75, 3.05) is 26.7 Å². The summed E-state index contributed by atoms with van der Waals surface area (Å²) in [5, 5.41) is 7.64. The SMILES string of the molecule is CN=C(NCCOc1c(Cl)cc(Cl)cc1Cl)NCCc1cccnc1.I. The highest BCUT2D eigenvalue weighted by molar-refractivity contribution is 14.0. The number of rotatable bonds is 7. The lowest BCUT2D eigenvalue weighted by Gasteiger charge is -2.13. The number of benzene rings is 1. The fourth-order valence-corrected chi connectivity index (χ4v) is 3.01. The van der Waals surface area contributed by atoms with Gasteiger partial charge in [0.15, 0.2) is 11.7 Å². The van der Waals surface area contributed by atoms with E-state index in [1.54, 1.807) is 25.4 Å². The maximum Gasteiger partial charge on any atom is 0.191 e. The Bertz CT molecular complexity index is 693. The number of halogens is 4. The summed E-state index contributed by atoms with van der Waals surface area (Å²) in [7, 11) is 1.72. The summed E-state index contributed by atoms with van der Waals surface area (Å²) in [6.07, 6.45) is 4.48.